The van der Waals surface area contributed by atoms with Gasteiger partial charge in [-0.1, -0.05) is 36.4 Å². The predicted molar refractivity (Wildman–Crippen MR) is 105 cm³/mol. The van der Waals surface area contributed by atoms with Crippen LogP contribution in [0.4, 0.5) is 5.69 Å². The van der Waals surface area contributed by atoms with E-state index in [1.165, 1.54) is 0 Å². The molecule has 0 saturated carbocycles. The minimum absolute atomic E-state index is 0.165. The van der Waals surface area contributed by atoms with Gasteiger partial charge in [-0.15, -0.1) is 11.8 Å². The highest BCUT2D eigenvalue weighted by molar-refractivity contribution is 7.98. The lowest BCUT2D eigenvalue weighted by Gasteiger charge is -2.35. The van der Waals surface area contributed by atoms with Gasteiger partial charge in [0.2, 0.25) is 0 Å². The number of morpholine rings is 1. The van der Waals surface area contributed by atoms with E-state index < -0.39 is 5.41 Å². The maximum atomic E-state index is 13.4. The number of anilines is 1. The molecule has 0 spiro atoms. The molecule has 3 nitrogen and oxygen atoms in total. The normalized spacial score (nSPS) is 15.2. The zero-order valence-electron chi connectivity index (χ0n) is 15.1. The molecule has 0 atom stereocenters. The average molecular weight is 356 g/mol. The summed E-state index contributed by atoms with van der Waals surface area (Å²) in [6.07, 6.45) is 2.01. The summed E-state index contributed by atoms with van der Waals surface area (Å²) in [5, 5.41) is 0. The van der Waals surface area contributed by atoms with Crippen molar-refractivity contribution in [3.8, 4) is 0 Å². The number of ether oxygens (including phenoxy) is 1. The molecule has 0 amide bonds. The summed E-state index contributed by atoms with van der Waals surface area (Å²) < 4.78 is 5.48. The molecule has 1 aliphatic rings. The summed E-state index contributed by atoms with van der Waals surface area (Å²) in [5.74, 6) is 0.165. The Labute approximate surface area is 154 Å². The number of nitrogens with zero attached hydrogens (tertiary/aromatic N) is 1. The second kappa shape index (κ2) is 7.63. The van der Waals surface area contributed by atoms with E-state index in [1.807, 2.05) is 56.5 Å². The Morgan fingerprint density at radius 1 is 1.04 bits per heavy atom. The predicted octanol–water partition coefficient (Wildman–Crippen LogP) is 4.41. The highest BCUT2D eigenvalue weighted by Gasteiger charge is 2.34. The first-order chi connectivity index (χ1) is 12.1. The fourth-order valence-corrected chi connectivity index (χ4v) is 3.97. The number of para-hydroxylation sites is 1. The SMILES string of the molecule is CSc1ccccc1C(=O)C(C)(C)c1ccccc1N1CCOCC1. The van der Waals surface area contributed by atoms with Crippen LogP contribution in [0.3, 0.4) is 0 Å². The molecule has 25 heavy (non-hydrogen) atoms. The Balaban J connectivity index is 2.01. The number of hydrogen-bond donors (Lipinski definition) is 0. The van der Waals surface area contributed by atoms with Gasteiger partial charge in [0.1, 0.15) is 0 Å². The molecule has 0 radical (unpaired) electrons. The number of rotatable bonds is 5. The number of thioether (sulfide) groups is 1. The molecule has 3 rings (SSSR count). The van der Waals surface area contributed by atoms with Crippen LogP contribution in [-0.4, -0.2) is 38.3 Å². The quantitative estimate of drug-likeness (QED) is 0.587. The van der Waals surface area contributed by atoms with Crippen molar-refractivity contribution in [2.75, 3.05) is 37.5 Å². The molecule has 1 aliphatic heterocycles. The largest absolute Gasteiger partial charge is 0.378 e. The first-order valence-electron chi connectivity index (χ1n) is 8.65. The smallest absolute Gasteiger partial charge is 0.174 e. The van der Waals surface area contributed by atoms with Crippen molar-refractivity contribution in [3.05, 3.63) is 59.7 Å². The first kappa shape index (κ1) is 18.0. The van der Waals surface area contributed by atoms with Gasteiger partial charge in [-0.3, -0.25) is 4.79 Å². The van der Waals surface area contributed by atoms with Crippen LogP contribution in [0.5, 0.6) is 0 Å². The second-order valence-corrected chi connectivity index (χ2v) is 7.62. The first-order valence-corrected chi connectivity index (χ1v) is 9.88. The second-order valence-electron chi connectivity index (χ2n) is 6.77. The molecule has 2 aromatic carbocycles. The van der Waals surface area contributed by atoms with Gasteiger partial charge < -0.3 is 9.64 Å². The third kappa shape index (κ3) is 3.60. The molecule has 2 aromatic rings. The number of carbonyl (C=O) groups excluding carboxylic acids is 1. The van der Waals surface area contributed by atoms with E-state index in [2.05, 4.69) is 17.0 Å². The molecular formula is C21H25NO2S. The molecule has 0 N–H and O–H groups in total. The minimum Gasteiger partial charge on any atom is -0.378 e. The molecule has 0 aromatic heterocycles. The van der Waals surface area contributed by atoms with Gasteiger partial charge in [-0.05, 0) is 37.8 Å². The topological polar surface area (TPSA) is 29.5 Å². The Morgan fingerprint density at radius 3 is 2.40 bits per heavy atom. The van der Waals surface area contributed by atoms with Gasteiger partial charge in [0.15, 0.2) is 5.78 Å². The zero-order valence-corrected chi connectivity index (χ0v) is 15.9. The summed E-state index contributed by atoms with van der Waals surface area (Å²) >= 11 is 1.62. The van der Waals surface area contributed by atoms with Crippen molar-refractivity contribution in [1.82, 2.24) is 0 Å². The van der Waals surface area contributed by atoms with Gasteiger partial charge in [-0.2, -0.15) is 0 Å². The van der Waals surface area contributed by atoms with Gasteiger partial charge in [0.05, 0.1) is 18.6 Å². The van der Waals surface area contributed by atoms with E-state index in [9.17, 15) is 4.79 Å². The van der Waals surface area contributed by atoms with Crippen molar-refractivity contribution in [3.63, 3.8) is 0 Å². The van der Waals surface area contributed by atoms with Gasteiger partial charge in [-0.25, -0.2) is 0 Å². The molecule has 0 aliphatic carbocycles. The highest BCUT2D eigenvalue weighted by atomic mass is 32.2. The van der Waals surface area contributed by atoms with Crippen LogP contribution in [0.1, 0.15) is 29.8 Å². The van der Waals surface area contributed by atoms with E-state index in [-0.39, 0.29) is 5.78 Å². The summed E-state index contributed by atoms with van der Waals surface area (Å²) in [6.45, 7) is 7.26. The summed E-state index contributed by atoms with van der Waals surface area (Å²) in [5.41, 5.74) is 2.43. The lowest BCUT2D eigenvalue weighted by molar-refractivity contribution is 0.0905. The monoisotopic (exact) mass is 355 g/mol. The molecule has 1 heterocycles. The Kier molecular flexibility index (Phi) is 5.50. The fraction of sp³-hybridized carbons (Fsp3) is 0.381. The maximum absolute atomic E-state index is 13.4. The number of benzene rings is 2. The van der Waals surface area contributed by atoms with Gasteiger partial charge in [0, 0.05) is 29.2 Å². The standard InChI is InChI=1S/C21H25NO2S/c1-21(2,20(23)16-8-4-7-11-19(16)25-3)17-9-5-6-10-18(17)22-12-14-24-15-13-22/h4-11H,12-15H2,1-3H3. The Morgan fingerprint density at radius 2 is 1.68 bits per heavy atom. The number of ketones is 1. The van der Waals surface area contributed by atoms with Gasteiger partial charge >= 0.3 is 0 Å². The molecule has 1 saturated heterocycles. The van der Waals surface area contributed by atoms with Crippen LogP contribution in [0.15, 0.2) is 53.4 Å². The van der Waals surface area contributed by atoms with E-state index in [4.69, 9.17) is 4.74 Å². The van der Waals surface area contributed by atoms with Crippen LogP contribution in [-0.2, 0) is 10.2 Å². The summed E-state index contributed by atoms with van der Waals surface area (Å²) in [6, 6.07) is 16.2. The fourth-order valence-electron chi connectivity index (χ4n) is 3.37. The molecular weight excluding hydrogens is 330 g/mol. The number of hydrogen-bond acceptors (Lipinski definition) is 4. The molecule has 4 heteroatoms. The Hall–Kier alpha value is -1.78. The molecule has 0 bridgehead atoms. The van der Waals surface area contributed by atoms with Crippen LogP contribution in [0, 0.1) is 0 Å². The maximum Gasteiger partial charge on any atom is 0.174 e. The molecule has 0 unspecified atom stereocenters. The van der Waals surface area contributed by atoms with Crippen molar-refractivity contribution in [1.29, 1.82) is 0 Å². The van der Waals surface area contributed by atoms with Gasteiger partial charge in [0.25, 0.3) is 0 Å². The molecule has 132 valence electrons. The third-order valence-electron chi connectivity index (χ3n) is 4.85. The van der Waals surface area contributed by atoms with Crippen molar-refractivity contribution < 1.29 is 9.53 Å². The third-order valence-corrected chi connectivity index (χ3v) is 5.64. The van der Waals surface area contributed by atoms with Crippen molar-refractivity contribution in [2.24, 2.45) is 0 Å². The number of Topliss-reactive ketones (excluding diaryl/α,β-unsaturated/α-hetero) is 1. The Bertz CT molecular complexity index is 751. The van der Waals surface area contributed by atoms with E-state index in [0.29, 0.717) is 0 Å². The van der Waals surface area contributed by atoms with Crippen LogP contribution >= 0.6 is 11.8 Å². The highest BCUT2D eigenvalue weighted by Crippen LogP contribution is 2.37. The van der Waals surface area contributed by atoms with Crippen molar-refractivity contribution in [2.45, 2.75) is 24.2 Å². The number of carbonyl (C=O) groups is 1. The van der Waals surface area contributed by atoms with E-state index in [0.717, 1.165) is 48.0 Å². The average Bonchev–Trinajstić information content (AvgIpc) is 2.68. The lowest BCUT2D eigenvalue weighted by Crippen LogP contribution is -2.39. The summed E-state index contributed by atoms with van der Waals surface area (Å²) in [7, 11) is 0. The lowest BCUT2D eigenvalue weighted by atomic mass is 9.77. The van der Waals surface area contributed by atoms with E-state index in [1.54, 1.807) is 11.8 Å². The summed E-state index contributed by atoms with van der Waals surface area (Å²) in [4.78, 5) is 16.8. The minimum atomic E-state index is -0.596. The van der Waals surface area contributed by atoms with Crippen LogP contribution < -0.4 is 4.90 Å². The molecule has 1 fully saturated rings. The zero-order chi connectivity index (χ0) is 17.9. The van der Waals surface area contributed by atoms with Crippen molar-refractivity contribution >= 4 is 23.2 Å². The van der Waals surface area contributed by atoms with E-state index >= 15 is 0 Å². The van der Waals surface area contributed by atoms with Crippen LogP contribution in [0.2, 0.25) is 0 Å². The van der Waals surface area contributed by atoms with Crippen LogP contribution in [0.25, 0.3) is 0 Å².